The zero-order valence-electron chi connectivity index (χ0n) is 26.1. The molecule has 5 rings (SSSR count). The van der Waals surface area contributed by atoms with Gasteiger partial charge in [-0.25, -0.2) is 4.98 Å². The molecule has 0 spiro atoms. The molecule has 1 aliphatic heterocycles. The second-order valence-electron chi connectivity index (χ2n) is 12.4. The molecule has 2 aromatic carbocycles. The van der Waals surface area contributed by atoms with E-state index in [-0.39, 0.29) is 18.0 Å². The molecule has 224 valence electrons. The van der Waals surface area contributed by atoms with Crippen molar-refractivity contribution in [3.8, 4) is 17.1 Å². The molecule has 1 N–H and O–H groups in total. The van der Waals surface area contributed by atoms with Crippen LogP contribution in [0.25, 0.3) is 11.3 Å². The largest absolute Gasteiger partial charge is 0.475 e. The first-order valence-corrected chi connectivity index (χ1v) is 16.4. The Bertz CT molecular complexity index is 1440. The topological polar surface area (TPSA) is 70.6 Å². The predicted molar refractivity (Wildman–Crippen MR) is 175 cm³/mol. The van der Waals surface area contributed by atoms with Crippen molar-refractivity contribution in [1.29, 1.82) is 0 Å². The van der Waals surface area contributed by atoms with Crippen LogP contribution in [-0.2, 0) is 0 Å². The molecular weight excluding hydrogens is 542 g/mol. The Labute approximate surface area is 253 Å². The number of ether oxygens (including phenoxy) is 1. The lowest BCUT2D eigenvalue weighted by Gasteiger charge is -2.47. The Morgan fingerprint density at radius 1 is 1.10 bits per heavy atom. The van der Waals surface area contributed by atoms with E-state index in [9.17, 15) is 4.79 Å². The van der Waals surface area contributed by atoms with Gasteiger partial charge in [0.2, 0.25) is 11.8 Å². The summed E-state index contributed by atoms with van der Waals surface area (Å²) in [7, 11) is 3.73. The lowest BCUT2D eigenvalue weighted by Crippen LogP contribution is -2.56. The summed E-state index contributed by atoms with van der Waals surface area (Å²) in [6.07, 6.45) is 2.88. The number of fused-ring (bicyclic) bond motifs is 4. The number of hydrogen-bond acceptors (Lipinski definition) is 6. The number of carbonyl (C=O) groups excluding carboxylic acids is 1. The molecule has 3 aromatic rings. The Kier molecular flexibility index (Phi) is 9.33. The third-order valence-corrected chi connectivity index (χ3v) is 9.87. The Morgan fingerprint density at radius 2 is 1.81 bits per heavy atom. The smallest absolute Gasteiger partial charge is 0.254 e. The molecule has 1 unspecified atom stereocenters. The van der Waals surface area contributed by atoms with E-state index in [0.717, 1.165) is 58.7 Å². The Balaban J connectivity index is 1.60. The molecule has 0 radical (unpaired) electrons. The highest BCUT2D eigenvalue weighted by atomic mass is 32.2. The van der Waals surface area contributed by atoms with Crippen molar-refractivity contribution < 1.29 is 9.53 Å². The second-order valence-corrected chi connectivity index (χ2v) is 14.3. The van der Waals surface area contributed by atoms with Crippen LogP contribution in [0.1, 0.15) is 61.5 Å². The summed E-state index contributed by atoms with van der Waals surface area (Å²) in [6.45, 7) is 12.1. The fourth-order valence-corrected chi connectivity index (χ4v) is 7.64. The van der Waals surface area contributed by atoms with Crippen molar-refractivity contribution >= 4 is 27.9 Å². The SMILES string of the molecule is C/C=S1/Nc2nc(cc(-c3c(C)cccc3C)n2)OC[C@@H](CC(C)C)N(C2CC(CN(C)C)C2)C(=O)c2cccc1c2. The number of rotatable bonds is 6. The summed E-state index contributed by atoms with van der Waals surface area (Å²) in [5.74, 6) is 2.14. The molecule has 0 saturated heterocycles. The van der Waals surface area contributed by atoms with E-state index >= 15 is 0 Å². The average Bonchev–Trinajstić information content (AvgIpc) is 2.92. The maximum absolute atomic E-state index is 14.4. The van der Waals surface area contributed by atoms with E-state index in [0.29, 0.717) is 30.3 Å². The number of anilines is 1. The zero-order chi connectivity index (χ0) is 30.0. The molecule has 2 heterocycles. The van der Waals surface area contributed by atoms with E-state index in [2.05, 4.69) is 85.9 Å². The van der Waals surface area contributed by atoms with Crippen molar-refractivity contribution in [2.24, 2.45) is 11.8 Å². The number of carbonyl (C=O) groups is 1. The number of benzene rings is 2. The molecule has 1 aromatic heterocycles. The first-order chi connectivity index (χ1) is 20.1. The molecular formula is C34H45N5O2S. The van der Waals surface area contributed by atoms with Crippen molar-refractivity contribution in [3.63, 3.8) is 0 Å². The highest BCUT2D eigenvalue weighted by Crippen LogP contribution is 2.37. The number of amides is 1. The number of aryl methyl sites for hydroxylation is 2. The van der Waals surface area contributed by atoms with Gasteiger partial charge >= 0.3 is 0 Å². The van der Waals surface area contributed by atoms with Crippen LogP contribution in [0, 0.1) is 25.7 Å². The van der Waals surface area contributed by atoms with E-state index < -0.39 is 10.7 Å². The molecule has 8 heteroatoms. The minimum atomic E-state index is -0.512. The minimum absolute atomic E-state index is 0.0711. The van der Waals surface area contributed by atoms with Gasteiger partial charge in [0.1, 0.15) is 6.61 Å². The molecule has 2 atom stereocenters. The maximum Gasteiger partial charge on any atom is 0.254 e. The van der Waals surface area contributed by atoms with Crippen molar-refractivity contribution in [2.75, 3.05) is 32.0 Å². The molecule has 1 saturated carbocycles. The minimum Gasteiger partial charge on any atom is -0.475 e. The summed E-state index contributed by atoms with van der Waals surface area (Å²) in [4.78, 5) is 29.6. The molecule has 1 amide bonds. The van der Waals surface area contributed by atoms with Crippen LogP contribution < -0.4 is 9.46 Å². The van der Waals surface area contributed by atoms with E-state index in [1.165, 1.54) is 0 Å². The first-order valence-electron chi connectivity index (χ1n) is 15.1. The lowest BCUT2D eigenvalue weighted by atomic mass is 9.77. The third kappa shape index (κ3) is 6.70. The number of nitrogens with one attached hydrogen (secondary N) is 1. The monoisotopic (exact) mass is 587 g/mol. The van der Waals surface area contributed by atoms with Gasteiger partial charge in [-0.15, -0.1) is 0 Å². The van der Waals surface area contributed by atoms with Gasteiger partial charge < -0.3 is 19.3 Å². The number of hydrogen-bond donors (Lipinski definition) is 1. The van der Waals surface area contributed by atoms with Crippen LogP contribution in [0.4, 0.5) is 5.95 Å². The summed E-state index contributed by atoms with van der Waals surface area (Å²) >= 11 is 0. The first kappa shape index (κ1) is 30.2. The van der Waals surface area contributed by atoms with Crippen molar-refractivity contribution in [3.05, 3.63) is 65.2 Å². The molecule has 1 fully saturated rings. The van der Waals surface area contributed by atoms with E-state index in [1.54, 1.807) is 0 Å². The summed E-state index contributed by atoms with van der Waals surface area (Å²) in [5.41, 5.74) is 4.96. The summed E-state index contributed by atoms with van der Waals surface area (Å²) in [5, 5.41) is 2.11. The number of aromatic nitrogens is 2. The van der Waals surface area contributed by atoms with Gasteiger partial charge in [-0.05, 0) is 101 Å². The number of nitrogens with zero attached hydrogens (tertiary/aromatic N) is 4. The van der Waals surface area contributed by atoms with E-state index in [1.807, 2.05) is 31.2 Å². The normalized spacial score (nSPS) is 22.6. The molecule has 42 heavy (non-hydrogen) atoms. The molecule has 2 aliphatic rings. The van der Waals surface area contributed by atoms with Gasteiger partial charge in [0.05, 0.1) is 11.7 Å². The van der Waals surface area contributed by atoms with Gasteiger partial charge in [0.15, 0.2) is 0 Å². The van der Waals surface area contributed by atoms with Crippen LogP contribution >= 0.6 is 10.7 Å². The Hall–Kier alpha value is -3.23. The van der Waals surface area contributed by atoms with Crippen LogP contribution in [0.2, 0.25) is 0 Å². The lowest BCUT2D eigenvalue weighted by molar-refractivity contribution is 0.0107. The average molecular weight is 588 g/mol. The fraction of sp³-hybridized carbons (Fsp3) is 0.471. The maximum atomic E-state index is 14.4. The van der Waals surface area contributed by atoms with Crippen LogP contribution in [-0.4, -0.2) is 70.4 Å². The van der Waals surface area contributed by atoms with Gasteiger partial charge in [-0.3, -0.25) is 4.79 Å². The van der Waals surface area contributed by atoms with Crippen molar-refractivity contribution in [1.82, 2.24) is 19.8 Å². The zero-order valence-corrected chi connectivity index (χ0v) is 26.9. The van der Waals surface area contributed by atoms with Crippen LogP contribution in [0.15, 0.2) is 53.4 Å². The van der Waals surface area contributed by atoms with Crippen molar-refractivity contribution in [2.45, 2.75) is 70.9 Å². The summed E-state index contributed by atoms with van der Waals surface area (Å²) < 4.78 is 10.1. The quantitative estimate of drug-likeness (QED) is 0.319. The van der Waals surface area contributed by atoms with E-state index in [4.69, 9.17) is 14.7 Å². The summed E-state index contributed by atoms with van der Waals surface area (Å²) in [6, 6.07) is 16.4. The standard InChI is InChI=1S/C34H45N5O2S/c1-8-42-29-14-10-13-26(18-29)33(40)39(27-16-25(17-27)20-38(6)7)28(15-22(2)3)21-41-31-19-30(35-34(36-31)37-42)32-23(4)11-9-12-24(32)5/h8-14,18-19,22,25,27-28H,15-17,20-21H2,1-7H3,(H,35,36,37)/t25?,27?,28-,42?/m1/s1. The van der Waals surface area contributed by atoms with Gasteiger partial charge in [0, 0.05) is 34.7 Å². The highest BCUT2D eigenvalue weighted by molar-refractivity contribution is 8.16. The third-order valence-electron chi connectivity index (χ3n) is 8.23. The highest BCUT2D eigenvalue weighted by Gasteiger charge is 2.40. The van der Waals surface area contributed by atoms with Gasteiger partial charge in [-0.1, -0.05) is 48.8 Å². The molecule has 1 aliphatic carbocycles. The Morgan fingerprint density at radius 3 is 2.48 bits per heavy atom. The predicted octanol–water partition coefficient (Wildman–Crippen LogP) is 6.83. The van der Waals surface area contributed by atoms with Gasteiger partial charge in [0.25, 0.3) is 5.91 Å². The van der Waals surface area contributed by atoms with Gasteiger partial charge in [-0.2, -0.15) is 4.98 Å². The van der Waals surface area contributed by atoms with Crippen LogP contribution in [0.5, 0.6) is 5.88 Å². The second kappa shape index (κ2) is 13.0. The molecule has 4 bridgehead atoms. The van der Waals surface area contributed by atoms with Crippen LogP contribution in [0.3, 0.4) is 0 Å². The molecule has 7 nitrogen and oxygen atoms in total. The fourth-order valence-electron chi connectivity index (χ4n) is 6.37.